The number of halogens is 3. The predicted molar refractivity (Wildman–Crippen MR) is 110 cm³/mol. The Morgan fingerprint density at radius 2 is 1.43 bits per heavy atom. The van der Waals surface area contributed by atoms with E-state index in [1.165, 1.54) is 6.42 Å². The standard InChI is InChI=1S/C23H39F3O4/c1-7-21(6,19(28)29-17(3)23(24,25)26)16-20(4,5)18(27)30-22(8-2)14-12-10-9-11-13-15-22/h17H,7-16H2,1-6H3. The molecular weight excluding hydrogens is 397 g/mol. The van der Waals surface area contributed by atoms with Crippen molar-refractivity contribution in [3.05, 3.63) is 0 Å². The second kappa shape index (κ2) is 10.4. The summed E-state index contributed by atoms with van der Waals surface area (Å²) in [5, 5.41) is 0. The first-order valence-corrected chi connectivity index (χ1v) is 11.2. The van der Waals surface area contributed by atoms with Crippen LogP contribution in [0.1, 0.15) is 106 Å². The zero-order chi connectivity index (χ0) is 23.2. The van der Waals surface area contributed by atoms with E-state index < -0.39 is 40.6 Å². The highest BCUT2D eigenvalue weighted by atomic mass is 19.4. The van der Waals surface area contributed by atoms with E-state index in [-0.39, 0.29) is 12.8 Å². The van der Waals surface area contributed by atoms with E-state index in [4.69, 9.17) is 9.47 Å². The Morgan fingerprint density at radius 1 is 0.933 bits per heavy atom. The summed E-state index contributed by atoms with van der Waals surface area (Å²) in [6, 6.07) is 0. The molecule has 4 nitrogen and oxygen atoms in total. The van der Waals surface area contributed by atoms with Gasteiger partial charge in [0.2, 0.25) is 0 Å². The van der Waals surface area contributed by atoms with E-state index in [1.807, 2.05) is 6.92 Å². The molecule has 30 heavy (non-hydrogen) atoms. The van der Waals surface area contributed by atoms with Gasteiger partial charge in [-0.15, -0.1) is 0 Å². The Balaban J connectivity index is 2.93. The minimum atomic E-state index is -4.62. The van der Waals surface area contributed by atoms with Crippen molar-refractivity contribution in [2.24, 2.45) is 10.8 Å². The van der Waals surface area contributed by atoms with E-state index in [0.29, 0.717) is 0 Å². The zero-order valence-corrected chi connectivity index (χ0v) is 19.4. The van der Waals surface area contributed by atoms with Crippen LogP contribution in [-0.4, -0.2) is 29.8 Å². The molecule has 0 saturated heterocycles. The smallest absolute Gasteiger partial charge is 0.425 e. The summed E-state index contributed by atoms with van der Waals surface area (Å²) in [4.78, 5) is 25.7. The fraction of sp³-hybridized carbons (Fsp3) is 0.913. The first-order valence-electron chi connectivity index (χ1n) is 11.2. The van der Waals surface area contributed by atoms with E-state index >= 15 is 0 Å². The van der Waals surface area contributed by atoms with Crippen LogP contribution in [0, 0.1) is 10.8 Å². The molecule has 7 heteroatoms. The fourth-order valence-electron chi connectivity index (χ4n) is 4.17. The molecule has 1 fully saturated rings. The monoisotopic (exact) mass is 436 g/mol. The molecule has 0 aliphatic heterocycles. The molecule has 0 aromatic heterocycles. The van der Waals surface area contributed by atoms with Crippen molar-refractivity contribution in [1.29, 1.82) is 0 Å². The number of esters is 2. The summed E-state index contributed by atoms with van der Waals surface area (Å²) < 4.78 is 49.2. The number of hydrogen-bond acceptors (Lipinski definition) is 4. The summed E-state index contributed by atoms with van der Waals surface area (Å²) in [5.74, 6) is -1.34. The van der Waals surface area contributed by atoms with E-state index in [9.17, 15) is 22.8 Å². The van der Waals surface area contributed by atoms with Crippen LogP contribution in [0.15, 0.2) is 0 Å². The summed E-state index contributed by atoms with van der Waals surface area (Å²) in [5.41, 5.74) is -2.75. The average molecular weight is 437 g/mol. The molecule has 2 atom stereocenters. The summed E-state index contributed by atoms with van der Waals surface area (Å²) in [6.07, 6.45) is 1.34. The molecule has 176 valence electrons. The molecule has 2 unspecified atom stereocenters. The molecule has 0 aromatic rings. The molecule has 0 bridgehead atoms. The molecule has 0 N–H and O–H groups in total. The van der Waals surface area contributed by atoms with Gasteiger partial charge in [0.05, 0.1) is 10.8 Å². The number of carbonyl (C=O) groups is 2. The predicted octanol–water partition coefficient (Wildman–Crippen LogP) is 6.75. The van der Waals surface area contributed by atoms with Crippen LogP contribution in [0.2, 0.25) is 0 Å². The third kappa shape index (κ3) is 7.16. The lowest BCUT2D eigenvalue weighted by Crippen LogP contribution is -2.44. The number of ether oxygens (including phenoxy) is 2. The second-order valence-corrected chi connectivity index (χ2v) is 9.76. The van der Waals surface area contributed by atoms with Crippen LogP contribution in [0.25, 0.3) is 0 Å². The van der Waals surface area contributed by atoms with Gasteiger partial charge in [-0.2, -0.15) is 13.2 Å². The molecule has 0 heterocycles. The highest BCUT2D eigenvalue weighted by Gasteiger charge is 2.47. The number of rotatable bonds is 8. The maximum absolute atomic E-state index is 13.1. The Labute approximate surface area is 179 Å². The maximum atomic E-state index is 13.1. The van der Waals surface area contributed by atoms with E-state index in [0.717, 1.165) is 51.9 Å². The molecule has 1 saturated carbocycles. The topological polar surface area (TPSA) is 52.6 Å². The van der Waals surface area contributed by atoms with Crippen LogP contribution in [0.5, 0.6) is 0 Å². The average Bonchev–Trinajstić information content (AvgIpc) is 2.62. The van der Waals surface area contributed by atoms with Gasteiger partial charge in [0, 0.05) is 0 Å². The quantitative estimate of drug-likeness (QED) is 0.395. The molecule has 0 aromatic carbocycles. The molecular formula is C23H39F3O4. The van der Waals surface area contributed by atoms with Crippen LogP contribution in [0.3, 0.4) is 0 Å². The Morgan fingerprint density at radius 3 is 1.87 bits per heavy atom. The van der Waals surface area contributed by atoms with Gasteiger partial charge in [0.1, 0.15) is 5.60 Å². The minimum absolute atomic E-state index is 0.0541. The van der Waals surface area contributed by atoms with Crippen LogP contribution in [-0.2, 0) is 19.1 Å². The molecule has 1 aliphatic rings. The van der Waals surface area contributed by atoms with Crippen molar-refractivity contribution >= 4 is 11.9 Å². The van der Waals surface area contributed by atoms with E-state index in [1.54, 1.807) is 27.7 Å². The number of carbonyl (C=O) groups excluding carboxylic acids is 2. The lowest BCUT2D eigenvalue weighted by molar-refractivity contribution is -0.222. The maximum Gasteiger partial charge on any atom is 0.425 e. The number of hydrogen-bond donors (Lipinski definition) is 0. The summed E-state index contributed by atoms with van der Waals surface area (Å²) >= 11 is 0. The molecule has 0 spiro atoms. The van der Waals surface area contributed by atoms with Gasteiger partial charge in [-0.3, -0.25) is 9.59 Å². The van der Waals surface area contributed by atoms with Crippen molar-refractivity contribution < 1.29 is 32.2 Å². The fourth-order valence-corrected chi connectivity index (χ4v) is 4.17. The van der Waals surface area contributed by atoms with Gasteiger partial charge in [-0.25, -0.2) is 0 Å². The van der Waals surface area contributed by atoms with Crippen molar-refractivity contribution in [1.82, 2.24) is 0 Å². The van der Waals surface area contributed by atoms with Gasteiger partial charge < -0.3 is 9.47 Å². The van der Waals surface area contributed by atoms with Gasteiger partial charge in [0.25, 0.3) is 0 Å². The van der Waals surface area contributed by atoms with Gasteiger partial charge in [0.15, 0.2) is 6.10 Å². The van der Waals surface area contributed by atoms with Crippen molar-refractivity contribution in [2.45, 2.75) is 124 Å². The normalized spacial score (nSPS) is 21.0. The summed E-state index contributed by atoms with van der Waals surface area (Å²) in [6.45, 7) is 9.48. The van der Waals surface area contributed by atoms with Crippen LogP contribution < -0.4 is 0 Å². The van der Waals surface area contributed by atoms with Gasteiger partial charge >= 0.3 is 18.1 Å². The highest BCUT2D eigenvalue weighted by molar-refractivity contribution is 5.80. The first kappa shape index (κ1) is 26.8. The Hall–Kier alpha value is -1.27. The molecule has 1 aliphatic carbocycles. The number of alkyl halides is 3. The SMILES string of the molecule is CCC1(OC(=O)C(C)(C)CC(C)(CC)C(=O)OC(C)C(F)(F)F)CCCCCCC1. The lowest BCUT2D eigenvalue weighted by atomic mass is 9.72. The first-order chi connectivity index (χ1) is 13.7. The molecule has 0 radical (unpaired) electrons. The Kier molecular flexibility index (Phi) is 9.24. The van der Waals surface area contributed by atoms with Crippen LogP contribution >= 0.6 is 0 Å². The lowest BCUT2D eigenvalue weighted by Gasteiger charge is -2.39. The summed E-state index contributed by atoms with van der Waals surface area (Å²) in [7, 11) is 0. The largest absolute Gasteiger partial charge is 0.459 e. The van der Waals surface area contributed by atoms with Gasteiger partial charge in [-0.1, -0.05) is 33.1 Å². The third-order valence-corrected chi connectivity index (χ3v) is 6.62. The Bertz CT molecular complexity index is 577. The van der Waals surface area contributed by atoms with Gasteiger partial charge in [-0.05, 0) is 72.6 Å². The van der Waals surface area contributed by atoms with Crippen molar-refractivity contribution in [3.8, 4) is 0 Å². The highest BCUT2D eigenvalue weighted by Crippen LogP contribution is 2.42. The third-order valence-electron chi connectivity index (χ3n) is 6.62. The van der Waals surface area contributed by atoms with E-state index in [2.05, 4.69) is 0 Å². The van der Waals surface area contributed by atoms with Crippen molar-refractivity contribution in [2.75, 3.05) is 0 Å². The van der Waals surface area contributed by atoms with Crippen molar-refractivity contribution in [3.63, 3.8) is 0 Å². The molecule has 0 amide bonds. The van der Waals surface area contributed by atoms with Crippen LogP contribution in [0.4, 0.5) is 13.2 Å². The second-order valence-electron chi connectivity index (χ2n) is 9.76. The minimum Gasteiger partial charge on any atom is -0.459 e. The zero-order valence-electron chi connectivity index (χ0n) is 19.4. The molecule has 1 rings (SSSR count).